The maximum Gasteiger partial charge on any atom is 0.331 e. The predicted molar refractivity (Wildman–Crippen MR) is 69.5 cm³/mol. The standard InChI is InChI=1S/C13H20N2O4/c1-4-15(7-10-5-6-10)13(19)14-11(16)8(2)9(3)12(17)18/h10H,4-7H2,1-3H3,(H,17,18)(H,14,16,19). The number of imide groups is 1. The lowest BCUT2D eigenvalue weighted by Crippen LogP contribution is -2.44. The van der Waals surface area contributed by atoms with E-state index in [2.05, 4.69) is 5.32 Å². The van der Waals surface area contributed by atoms with Gasteiger partial charge in [-0.2, -0.15) is 0 Å². The second-order valence-electron chi connectivity index (χ2n) is 4.80. The van der Waals surface area contributed by atoms with Gasteiger partial charge in [-0.3, -0.25) is 10.1 Å². The first kappa shape index (κ1) is 15.2. The number of hydrogen-bond acceptors (Lipinski definition) is 3. The van der Waals surface area contributed by atoms with Crippen LogP contribution >= 0.6 is 0 Å². The average Bonchev–Trinajstić information content (AvgIpc) is 3.17. The molecule has 106 valence electrons. The molecule has 0 aromatic heterocycles. The Kier molecular flexibility index (Phi) is 5.09. The van der Waals surface area contributed by atoms with E-state index >= 15 is 0 Å². The van der Waals surface area contributed by atoms with Crippen molar-refractivity contribution >= 4 is 17.9 Å². The van der Waals surface area contributed by atoms with Gasteiger partial charge >= 0.3 is 12.0 Å². The summed E-state index contributed by atoms with van der Waals surface area (Å²) in [4.78, 5) is 35.9. The van der Waals surface area contributed by atoms with Crippen LogP contribution < -0.4 is 5.32 Å². The lowest BCUT2D eigenvalue weighted by Gasteiger charge is -2.20. The third-order valence-electron chi connectivity index (χ3n) is 3.29. The zero-order valence-electron chi connectivity index (χ0n) is 11.5. The molecule has 0 aliphatic heterocycles. The van der Waals surface area contributed by atoms with Crippen molar-refractivity contribution in [1.29, 1.82) is 0 Å². The molecule has 0 spiro atoms. The van der Waals surface area contributed by atoms with E-state index in [0.717, 1.165) is 12.8 Å². The van der Waals surface area contributed by atoms with Gasteiger partial charge in [-0.1, -0.05) is 0 Å². The third-order valence-corrected chi connectivity index (χ3v) is 3.29. The summed E-state index contributed by atoms with van der Waals surface area (Å²) in [5.41, 5.74) is -0.0149. The molecule has 1 aliphatic rings. The number of carboxylic acids is 1. The van der Waals surface area contributed by atoms with Crippen molar-refractivity contribution in [2.24, 2.45) is 5.92 Å². The van der Waals surface area contributed by atoms with Gasteiger partial charge in [0.2, 0.25) is 0 Å². The molecule has 0 heterocycles. The van der Waals surface area contributed by atoms with Gasteiger partial charge in [-0.15, -0.1) is 0 Å². The number of hydrogen-bond donors (Lipinski definition) is 2. The van der Waals surface area contributed by atoms with Crippen LogP contribution in [-0.2, 0) is 9.59 Å². The van der Waals surface area contributed by atoms with Crippen molar-refractivity contribution in [2.75, 3.05) is 13.1 Å². The molecule has 3 amide bonds. The quantitative estimate of drug-likeness (QED) is 0.737. The van der Waals surface area contributed by atoms with Crippen LogP contribution in [-0.4, -0.2) is 41.0 Å². The number of rotatable bonds is 5. The van der Waals surface area contributed by atoms with Crippen molar-refractivity contribution < 1.29 is 19.5 Å². The molecule has 1 saturated carbocycles. The fourth-order valence-corrected chi connectivity index (χ4v) is 1.57. The van der Waals surface area contributed by atoms with Crippen LogP contribution in [0.25, 0.3) is 0 Å². The summed E-state index contributed by atoms with van der Waals surface area (Å²) in [7, 11) is 0. The van der Waals surface area contributed by atoms with E-state index in [1.165, 1.54) is 13.8 Å². The van der Waals surface area contributed by atoms with Crippen molar-refractivity contribution in [3.63, 3.8) is 0 Å². The first-order chi connectivity index (χ1) is 8.86. The van der Waals surface area contributed by atoms with E-state index in [1.807, 2.05) is 6.92 Å². The minimum absolute atomic E-state index is 0.0447. The zero-order valence-corrected chi connectivity index (χ0v) is 11.5. The molecule has 0 aromatic carbocycles. The van der Waals surface area contributed by atoms with Crippen molar-refractivity contribution in [2.45, 2.75) is 33.6 Å². The number of urea groups is 1. The minimum atomic E-state index is -1.16. The lowest BCUT2D eigenvalue weighted by atomic mass is 10.1. The first-order valence-corrected chi connectivity index (χ1v) is 6.37. The van der Waals surface area contributed by atoms with E-state index in [0.29, 0.717) is 19.0 Å². The minimum Gasteiger partial charge on any atom is -0.478 e. The van der Waals surface area contributed by atoms with Gasteiger partial charge in [-0.05, 0) is 39.5 Å². The Hall–Kier alpha value is -1.85. The van der Waals surface area contributed by atoms with Gasteiger partial charge in [-0.25, -0.2) is 9.59 Å². The highest BCUT2D eigenvalue weighted by Gasteiger charge is 2.27. The average molecular weight is 268 g/mol. The molecular weight excluding hydrogens is 248 g/mol. The van der Waals surface area contributed by atoms with E-state index in [4.69, 9.17) is 5.11 Å². The molecule has 0 radical (unpaired) electrons. The Morgan fingerprint density at radius 1 is 1.21 bits per heavy atom. The van der Waals surface area contributed by atoms with Crippen LogP contribution in [0.5, 0.6) is 0 Å². The SMILES string of the molecule is CCN(CC1CC1)C(=O)NC(=O)C(C)=C(C)C(=O)O. The molecule has 0 unspecified atom stereocenters. The molecule has 1 fully saturated rings. The van der Waals surface area contributed by atoms with Crippen LogP contribution in [0.15, 0.2) is 11.1 Å². The smallest absolute Gasteiger partial charge is 0.331 e. The predicted octanol–water partition coefficient (Wildman–Crippen LogP) is 1.38. The summed E-state index contributed by atoms with van der Waals surface area (Å²) >= 11 is 0. The summed E-state index contributed by atoms with van der Waals surface area (Å²) in [6, 6.07) is -0.461. The Bertz CT molecular complexity index is 424. The van der Waals surface area contributed by atoms with Gasteiger partial charge in [0.25, 0.3) is 5.91 Å². The number of aliphatic carboxylic acids is 1. The molecule has 0 atom stereocenters. The van der Waals surface area contributed by atoms with Crippen LogP contribution in [0.1, 0.15) is 33.6 Å². The number of amides is 3. The Morgan fingerprint density at radius 2 is 1.79 bits per heavy atom. The highest BCUT2D eigenvalue weighted by Crippen LogP contribution is 2.29. The number of nitrogens with one attached hydrogen (secondary N) is 1. The summed E-state index contributed by atoms with van der Waals surface area (Å²) in [6.45, 7) is 5.75. The topological polar surface area (TPSA) is 86.7 Å². The number of carboxylic acid groups (broad SMARTS) is 1. The number of carbonyl (C=O) groups is 3. The van der Waals surface area contributed by atoms with Crippen LogP contribution in [0, 0.1) is 5.92 Å². The molecule has 1 aliphatic carbocycles. The molecular formula is C13H20N2O4. The van der Waals surface area contributed by atoms with Crippen LogP contribution in [0.3, 0.4) is 0 Å². The molecule has 1 rings (SSSR count). The van der Waals surface area contributed by atoms with E-state index in [-0.39, 0.29) is 11.1 Å². The van der Waals surface area contributed by atoms with Crippen LogP contribution in [0.2, 0.25) is 0 Å². The molecule has 2 N–H and O–H groups in total. The zero-order chi connectivity index (χ0) is 14.6. The summed E-state index contributed by atoms with van der Waals surface area (Å²) in [5.74, 6) is -1.28. The summed E-state index contributed by atoms with van der Waals surface area (Å²) in [6.07, 6.45) is 2.24. The van der Waals surface area contributed by atoms with Crippen LogP contribution in [0.4, 0.5) is 4.79 Å². The lowest BCUT2D eigenvalue weighted by molar-refractivity contribution is -0.133. The Labute approximate surface area is 112 Å². The van der Waals surface area contributed by atoms with Crippen molar-refractivity contribution in [1.82, 2.24) is 10.2 Å². The maximum absolute atomic E-state index is 11.9. The van der Waals surface area contributed by atoms with Crippen molar-refractivity contribution in [3.8, 4) is 0 Å². The third kappa shape index (κ3) is 4.39. The molecule has 0 aromatic rings. The number of carbonyl (C=O) groups excluding carboxylic acids is 2. The number of nitrogens with zero attached hydrogens (tertiary/aromatic N) is 1. The monoisotopic (exact) mass is 268 g/mol. The summed E-state index contributed by atoms with van der Waals surface area (Å²) in [5, 5.41) is 11.0. The largest absolute Gasteiger partial charge is 0.478 e. The molecule has 19 heavy (non-hydrogen) atoms. The molecule has 6 heteroatoms. The summed E-state index contributed by atoms with van der Waals surface area (Å²) < 4.78 is 0. The van der Waals surface area contributed by atoms with E-state index < -0.39 is 17.9 Å². The first-order valence-electron chi connectivity index (χ1n) is 6.37. The Morgan fingerprint density at radius 3 is 2.21 bits per heavy atom. The Balaban J connectivity index is 2.61. The molecule has 6 nitrogen and oxygen atoms in total. The second kappa shape index (κ2) is 6.36. The van der Waals surface area contributed by atoms with E-state index in [1.54, 1.807) is 4.90 Å². The maximum atomic E-state index is 11.9. The second-order valence-corrected chi connectivity index (χ2v) is 4.80. The van der Waals surface area contributed by atoms with E-state index in [9.17, 15) is 14.4 Å². The highest BCUT2D eigenvalue weighted by atomic mass is 16.4. The van der Waals surface area contributed by atoms with Gasteiger partial charge in [0.1, 0.15) is 0 Å². The molecule has 0 bridgehead atoms. The normalized spacial score (nSPS) is 15.5. The fraction of sp³-hybridized carbons (Fsp3) is 0.615. The van der Waals surface area contributed by atoms with Gasteiger partial charge in [0.15, 0.2) is 0 Å². The van der Waals surface area contributed by atoms with Gasteiger partial charge in [0, 0.05) is 24.2 Å². The highest BCUT2D eigenvalue weighted by molar-refractivity contribution is 6.07. The van der Waals surface area contributed by atoms with Gasteiger partial charge in [0.05, 0.1) is 0 Å². The van der Waals surface area contributed by atoms with Gasteiger partial charge < -0.3 is 10.0 Å². The molecule has 0 saturated heterocycles. The van der Waals surface area contributed by atoms with Crippen molar-refractivity contribution in [3.05, 3.63) is 11.1 Å². The fourth-order valence-electron chi connectivity index (χ4n) is 1.57.